The number of hydrogen-bond donors (Lipinski definition) is 1. The number of methoxy groups -OCH3 is 1. The van der Waals surface area contributed by atoms with Crippen molar-refractivity contribution in [1.29, 1.82) is 0 Å². The standard InChI is InChI=1S/C16H25NO2/c1-3-4-9-19-12-14-10-13(5-8-16(14)18-2)11-17-15-6-7-15/h5,8,10,15,17H,3-4,6-7,9,11-12H2,1-2H3. The van der Waals surface area contributed by atoms with Gasteiger partial charge in [0.2, 0.25) is 0 Å². The lowest BCUT2D eigenvalue weighted by molar-refractivity contribution is 0.116. The van der Waals surface area contributed by atoms with Crippen LogP contribution >= 0.6 is 0 Å². The molecule has 19 heavy (non-hydrogen) atoms. The van der Waals surface area contributed by atoms with Crippen molar-refractivity contribution >= 4 is 0 Å². The second kappa shape index (κ2) is 7.51. The maximum Gasteiger partial charge on any atom is 0.124 e. The molecule has 0 unspecified atom stereocenters. The van der Waals surface area contributed by atoms with Crippen LogP contribution in [0.1, 0.15) is 43.7 Å². The van der Waals surface area contributed by atoms with Gasteiger partial charge >= 0.3 is 0 Å². The first kappa shape index (κ1) is 14.4. The molecule has 1 aliphatic rings. The summed E-state index contributed by atoms with van der Waals surface area (Å²) >= 11 is 0. The fraction of sp³-hybridized carbons (Fsp3) is 0.625. The maximum atomic E-state index is 5.70. The molecular formula is C16H25NO2. The number of unbranched alkanes of at least 4 members (excludes halogenated alkanes) is 1. The van der Waals surface area contributed by atoms with Gasteiger partial charge in [-0.15, -0.1) is 0 Å². The Morgan fingerprint density at radius 1 is 1.32 bits per heavy atom. The Morgan fingerprint density at radius 3 is 2.84 bits per heavy atom. The number of benzene rings is 1. The van der Waals surface area contributed by atoms with E-state index in [0.29, 0.717) is 6.61 Å². The van der Waals surface area contributed by atoms with Gasteiger partial charge in [-0.1, -0.05) is 19.4 Å². The van der Waals surface area contributed by atoms with Gasteiger partial charge in [-0.25, -0.2) is 0 Å². The molecule has 2 rings (SSSR count). The van der Waals surface area contributed by atoms with E-state index in [0.717, 1.165) is 36.9 Å². The summed E-state index contributed by atoms with van der Waals surface area (Å²) in [7, 11) is 1.72. The van der Waals surface area contributed by atoms with Crippen molar-refractivity contribution in [3.63, 3.8) is 0 Å². The molecule has 106 valence electrons. The number of hydrogen-bond acceptors (Lipinski definition) is 3. The van der Waals surface area contributed by atoms with Crippen LogP contribution in [0.25, 0.3) is 0 Å². The minimum atomic E-state index is 0.639. The highest BCUT2D eigenvalue weighted by atomic mass is 16.5. The van der Waals surface area contributed by atoms with E-state index in [-0.39, 0.29) is 0 Å². The summed E-state index contributed by atoms with van der Waals surface area (Å²) in [5, 5.41) is 3.53. The topological polar surface area (TPSA) is 30.5 Å². The van der Waals surface area contributed by atoms with Crippen molar-refractivity contribution < 1.29 is 9.47 Å². The third kappa shape index (κ3) is 4.84. The van der Waals surface area contributed by atoms with Crippen LogP contribution in [0, 0.1) is 0 Å². The predicted octanol–water partition coefficient (Wildman–Crippen LogP) is 3.26. The molecule has 3 nitrogen and oxygen atoms in total. The van der Waals surface area contributed by atoms with E-state index in [1.54, 1.807) is 7.11 Å². The smallest absolute Gasteiger partial charge is 0.124 e. The maximum absolute atomic E-state index is 5.70. The molecule has 1 saturated carbocycles. The van der Waals surface area contributed by atoms with E-state index in [1.807, 2.05) is 6.07 Å². The average Bonchev–Trinajstić information content (AvgIpc) is 3.26. The lowest BCUT2D eigenvalue weighted by atomic mass is 10.1. The molecule has 0 saturated heterocycles. The normalized spacial score (nSPS) is 14.6. The highest BCUT2D eigenvalue weighted by Crippen LogP contribution is 2.23. The SMILES string of the molecule is CCCCOCc1cc(CNC2CC2)ccc1OC. The Labute approximate surface area is 116 Å². The molecule has 1 aliphatic carbocycles. The Bertz CT molecular complexity index is 388. The van der Waals surface area contributed by atoms with Crippen LogP contribution < -0.4 is 10.1 Å². The van der Waals surface area contributed by atoms with E-state index < -0.39 is 0 Å². The number of nitrogens with one attached hydrogen (secondary N) is 1. The third-order valence-electron chi connectivity index (χ3n) is 3.42. The van der Waals surface area contributed by atoms with Crippen LogP contribution in [0.5, 0.6) is 5.75 Å². The lowest BCUT2D eigenvalue weighted by Gasteiger charge is -2.12. The quantitative estimate of drug-likeness (QED) is 0.694. The molecule has 1 N–H and O–H groups in total. The van der Waals surface area contributed by atoms with Crippen LogP contribution in [0.2, 0.25) is 0 Å². The van der Waals surface area contributed by atoms with Gasteiger partial charge in [-0.3, -0.25) is 0 Å². The van der Waals surface area contributed by atoms with Gasteiger partial charge in [0, 0.05) is 24.8 Å². The van der Waals surface area contributed by atoms with Gasteiger partial charge in [0.15, 0.2) is 0 Å². The van der Waals surface area contributed by atoms with Gasteiger partial charge in [0.25, 0.3) is 0 Å². The van der Waals surface area contributed by atoms with Gasteiger partial charge in [0.1, 0.15) is 5.75 Å². The van der Waals surface area contributed by atoms with E-state index in [1.165, 1.54) is 24.8 Å². The summed E-state index contributed by atoms with van der Waals surface area (Å²) in [4.78, 5) is 0. The summed E-state index contributed by atoms with van der Waals surface area (Å²) in [6.07, 6.45) is 4.93. The minimum Gasteiger partial charge on any atom is -0.496 e. The predicted molar refractivity (Wildman–Crippen MR) is 77.4 cm³/mol. The molecule has 0 radical (unpaired) electrons. The summed E-state index contributed by atoms with van der Waals surface area (Å²) in [6, 6.07) is 7.11. The summed E-state index contributed by atoms with van der Waals surface area (Å²) in [5.74, 6) is 0.923. The summed E-state index contributed by atoms with van der Waals surface area (Å²) in [6.45, 7) is 4.58. The van der Waals surface area contributed by atoms with E-state index in [4.69, 9.17) is 9.47 Å². The molecule has 0 atom stereocenters. The molecular weight excluding hydrogens is 238 g/mol. The fourth-order valence-electron chi connectivity index (χ4n) is 2.03. The Kier molecular flexibility index (Phi) is 5.67. The van der Waals surface area contributed by atoms with Crippen molar-refractivity contribution in [2.75, 3.05) is 13.7 Å². The van der Waals surface area contributed by atoms with Crippen molar-refractivity contribution in [3.05, 3.63) is 29.3 Å². The van der Waals surface area contributed by atoms with Gasteiger partial charge in [0.05, 0.1) is 13.7 Å². The van der Waals surface area contributed by atoms with E-state index >= 15 is 0 Å². The van der Waals surface area contributed by atoms with E-state index in [9.17, 15) is 0 Å². The van der Waals surface area contributed by atoms with Gasteiger partial charge < -0.3 is 14.8 Å². The molecule has 0 amide bonds. The Hall–Kier alpha value is -1.06. The molecule has 0 heterocycles. The summed E-state index contributed by atoms with van der Waals surface area (Å²) < 4.78 is 11.1. The van der Waals surface area contributed by atoms with Crippen LogP contribution in [0.4, 0.5) is 0 Å². The van der Waals surface area contributed by atoms with Crippen molar-refractivity contribution in [2.45, 2.75) is 51.8 Å². The number of rotatable bonds is 9. The zero-order valence-corrected chi connectivity index (χ0v) is 12.1. The minimum absolute atomic E-state index is 0.639. The fourth-order valence-corrected chi connectivity index (χ4v) is 2.03. The van der Waals surface area contributed by atoms with Crippen LogP contribution in [-0.2, 0) is 17.9 Å². The molecule has 0 aliphatic heterocycles. The van der Waals surface area contributed by atoms with Crippen molar-refractivity contribution in [1.82, 2.24) is 5.32 Å². The first-order valence-corrected chi connectivity index (χ1v) is 7.30. The molecule has 1 aromatic rings. The van der Waals surface area contributed by atoms with Gasteiger partial charge in [-0.2, -0.15) is 0 Å². The van der Waals surface area contributed by atoms with Crippen LogP contribution in [-0.4, -0.2) is 19.8 Å². The largest absolute Gasteiger partial charge is 0.496 e. The van der Waals surface area contributed by atoms with Crippen molar-refractivity contribution in [3.8, 4) is 5.75 Å². The van der Waals surface area contributed by atoms with E-state index in [2.05, 4.69) is 24.4 Å². The first-order valence-electron chi connectivity index (χ1n) is 7.30. The van der Waals surface area contributed by atoms with Crippen molar-refractivity contribution in [2.24, 2.45) is 0 Å². The third-order valence-corrected chi connectivity index (χ3v) is 3.42. The summed E-state index contributed by atoms with van der Waals surface area (Å²) in [5.41, 5.74) is 2.45. The second-order valence-corrected chi connectivity index (χ2v) is 5.21. The Morgan fingerprint density at radius 2 is 2.16 bits per heavy atom. The zero-order valence-electron chi connectivity index (χ0n) is 12.1. The zero-order chi connectivity index (χ0) is 13.5. The molecule has 3 heteroatoms. The molecule has 1 aromatic carbocycles. The molecule has 0 spiro atoms. The molecule has 1 fully saturated rings. The molecule has 0 bridgehead atoms. The Balaban J connectivity index is 1.90. The average molecular weight is 263 g/mol. The second-order valence-electron chi connectivity index (χ2n) is 5.21. The molecule has 0 aromatic heterocycles. The monoisotopic (exact) mass is 263 g/mol. The van der Waals surface area contributed by atoms with Gasteiger partial charge in [-0.05, 0) is 37.0 Å². The first-order chi connectivity index (χ1) is 9.33. The lowest BCUT2D eigenvalue weighted by Crippen LogP contribution is -2.15. The highest BCUT2D eigenvalue weighted by molar-refractivity contribution is 5.37. The van der Waals surface area contributed by atoms with Crippen LogP contribution in [0.3, 0.4) is 0 Å². The highest BCUT2D eigenvalue weighted by Gasteiger charge is 2.20. The van der Waals surface area contributed by atoms with Crippen LogP contribution in [0.15, 0.2) is 18.2 Å². The number of ether oxygens (including phenoxy) is 2.